The first-order valence-electron chi connectivity index (χ1n) is 29.9. The number of aliphatic hydroxyl groups is 3. The predicted molar refractivity (Wildman–Crippen MR) is 289 cm³/mol. The number of carbonyl (C=O) groups is 2. The van der Waals surface area contributed by atoms with Crippen LogP contribution in [0.1, 0.15) is 185 Å². The van der Waals surface area contributed by atoms with Gasteiger partial charge in [-0.1, -0.05) is 63.8 Å². The van der Waals surface area contributed by atoms with Gasteiger partial charge in [-0.15, -0.1) is 0 Å². The normalized spacial score (nSPS) is 47.1. The lowest BCUT2D eigenvalue weighted by atomic mass is 9.29. The van der Waals surface area contributed by atoms with Gasteiger partial charge in [0.1, 0.15) is 17.6 Å². The molecule has 404 valence electrons. The number of anilines is 1. The van der Waals surface area contributed by atoms with Crippen LogP contribution in [0.4, 0.5) is 5.69 Å². The second kappa shape index (κ2) is 18.5. The second-order valence-electron chi connectivity index (χ2n) is 28.1. The lowest BCUT2D eigenvalue weighted by molar-refractivity contribution is -0.240. The molecule has 5 bridgehead atoms. The zero-order chi connectivity index (χ0) is 51.9. The topological polar surface area (TPSA) is 178 Å². The quantitative estimate of drug-likeness (QED) is 0.0945. The summed E-state index contributed by atoms with van der Waals surface area (Å²) < 4.78 is 6.82. The molecular formula is C64H91N3O7. The first kappa shape index (κ1) is 51.6. The van der Waals surface area contributed by atoms with E-state index in [1.54, 1.807) is 0 Å². The molecule has 8 fully saturated rings. The van der Waals surface area contributed by atoms with Gasteiger partial charge in [-0.25, -0.2) is 0 Å². The number of benzene rings is 2. The van der Waals surface area contributed by atoms with E-state index in [0.717, 1.165) is 125 Å². The zero-order valence-electron chi connectivity index (χ0n) is 45.8. The first-order valence-corrected chi connectivity index (χ1v) is 29.9. The van der Waals surface area contributed by atoms with E-state index in [-0.39, 0.29) is 82.7 Å². The highest BCUT2D eigenvalue weighted by Crippen LogP contribution is 2.81. The number of nitrogens with one attached hydrogen (secondary N) is 2. The lowest BCUT2D eigenvalue weighted by Gasteiger charge is -2.75. The summed E-state index contributed by atoms with van der Waals surface area (Å²) >= 11 is 0. The van der Waals surface area contributed by atoms with Crippen LogP contribution >= 0.6 is 0 Å². The maximum atomic E-state index is 16.3. The third-order valence-corrected chi connectivity index (χ3v) is 24.4. The number of epoxide rings is 1. The number of aromatic hydroxyl groups is 1. The van der Waals surface area contributed by atoms with Crippen LogP contribution < -0.4 is 16.4 Å². The number of fused-ring (bicyclic) bond motifs is 2. The number of rotatable bonds is 9. The predicted octanol–water partition coefficient (Wildman–Crippen LogP) is 10.3. The summed E-state index contributed by atoms with van der Waals surface area (Å²) in [6, 6.07) is 14.2. The first-order chi connectivity index (χ1) is 35.3. The number of hydrogen-bond donors (Lipinski definition) is 7. The van der Waals surface area contributed by atoms with Crippen LogP contribution in [0.5, 0.6) is 5.75 Å². The molecule has 10 aliphatic rings. The van der Waals surface area contributed by atoms with Crippen molar-refractivity contribution in [2.75, 3.05) is 25.9 Å². The number of allylic oxidation sites excluding steroid dienone is 2. The summed E-state index contributed by atoms with van der Waals surface area (Å²) in [5.41, 5.74) is 9.79. The number of β-amino-alcohol motifs (C(OH)–C–C–N with tert-alkyl or cyclic N) is 1. The van der Waals surface area contributed by atoms with Crippen molar-refractivity contribution in [3.8, 4) is 5.75 Å². The number of carbonyl (C=O) groups excluding carboxylic acids is 2. The van der Waals surface area contributed by atoms with Crippen LogP contribution in [0.15, 0.2) is 53.6 Å². The number of phenols is 1. The fourth-order valence-corrected chi connectivity index (χ4v) is 21.6. The van der Waals surface area contributed by atoms with Crippen LogP contribution in [0.3, 0.4) is 0 Å². The third kappa shape index (κ3) is 7.71. The van der Waals surface area contributed by atoms with Gasteiger partial charge in [0.2, 0.25) is 0 Å². The summed E-state index contributed by atoms with van der Waals surface area (Å²) in [6.45, 7) is 12.9. The number of ketones is 2. The largest absolute Gasteiger partial charge is 0.508 e. The molecule has 2 aromatic carbocycles. The minimum Gasteiger partial charge on any atom is -0.508 e. The van der Waals surface area contributed by atoms with Crippen molar-refractivity contribution in [1.29, 1.82) is 0 Å². The van der Waals surface area contributed by atoms with Crippen molar-refractivity contribution in [1.82, 2.24) is 10.6 Å². The SMILES string of the molecule is CNCc1cc(O)cc(C2CC3(C)C4C(CC56C7CCC8CCC(CO)CC8C(CC(O)C8OC8(C)C8CCCC8c8cccc(N)c8)C8=C(CCC35)C6(C)C(CC7)C8=O)NCC(C)(O)CCCCC4(C)C2=O)c1. The Hall–Kier alpha value is -3.12. The number of Topliss-reactive ketones (excluding diaryl/α,β-unsaturated/α-hetero) is 2. The van der Waals surface area contributed by atoms with Gasteiger partial charge in [0.25, 0.3) is 0 Å². The molecule has 2 aliphatic heterocycles. The lowest BCUT2D eigenvalue weighted by Crippen LogP contribution is -2.74. The minimum atomic E-state index is -0.884. The average molecular weight is 1010 g/mol. The smallest absolute Gasteiger partial charge is 0.163 e. The maximum absolute atomic E-state index is 16.3. The molecule has 74 heavy (non-hydrogen) atoms. The molecule has 8 N–H and O–H groups in total. The van der Waals surface area contributed by atoms with Gasteiger partial charge in [0.15, 0.2) is 5.78 Å². The van der Waals surface area contributed by atoms with Gasteiger partial charge < -0.3 is 41.5 Å². The minimum absolute atomic E-state index is 0.0320. The molecule has 2 saturated heterocycles. The van der Waals surface area contributed by atoms with E-state index in [9.17, 15) is 20.4 Å². The molecule has 2 aromatic rings. The van der Waals surface area contributed by atoms with E-state index in [1.165, 1.54) is 11.1 Å². The third-order valence-electron chi connectivity index (χ3n) is 24.4. The molecule has 0 amide bonds. The molecule has 10 nitrogen and oxygen atoms in total. The molecule has 8 aliphatic carbocycles. The number of nitrogens with two attached hydrogens (primary N) is 1. The monoisotopic (exact) mass is 1010 g/mol. The summed E-state index contributed by atoms with van der Waals surface area (Å²) in [5.74, 6) is 2.25. The molecule has 2 heterocycles. The standard InChI is InChI=1S/C64H91N3O7/c1-59(73)23-7-8-24-60(2)56-51(67-35-59)32-64-41-18-17-38-16-15-36(34-68)27-45(38)46(30-52(70)58-63(5,74-58)48-14-10-13-44(48)39-11-9-12-42(65)28-39)54-49(62(64,4)50(20-19-41)55(54)71)21-22-53(64)61(56,3)31-47(57(60)72)40-25-37(33-66-6)26-43(69)29-40/h9,11-12,25-26,28-29,36,38,41,44-48,50-53,56,58,66-70,73H,7-8,10,13-24,27,30-35,65H2,1-6H3. The number of ether oxygens (including phenoxy) is 1. The molecule has 1 spiro atoms. The average Bonchev–Trinajstić information content (AvgIpc) is 3.69. The Morgan fingerprint density at radius 2 is 1.68 bits per heavy atom. The Bertz CT molecular complexity index is 2560. The van der Waals surface area contributed by atoms with Gasteiger partial charge in [-0.05, 0) is 234 Å². The summed E-state index contributed by atoms with van der Waals surface area (Å²) in [7, 11) is 1.92. The highest BCUT2D eigenvalue weighted by Gasteiger charge is 2.78. The molecule has 20 unspecified atom stereocenters. The van der Waals surface area contributed by atoms with Gasteiger partial charge in [-0.2, -0.15) is 0 Å². The van der Waals surface area contributed by atoms with Crippen LogP contribution in [-0.4, -0.2) is 81.6 Å². The van der Waals surface area contributed by atoms with E-state index in [0.29, 0.717) is 61.7 Å². The summed E-state index contributed by atoms with van der Waals surface area (Å²) in [5, 5.41) is 54.5. The Labute approximate surface area is 442 Å². The van der Waals surface area contributed by atoms with Crippen LogP contribution in [0.2, 0.25) is 0 Å². The Morgan fingerprint density at radius 1 is 0.892 bits per heavy atom. The van der Waals surface area contributed by atoms with E-state index in [4.69, 9.17) is 10.5 Å². The van der Waals surface area contributed by atoms with Crippen LogP contribution in [-0.2, 0) is 20.9 Å². The highest BCUT2D eigenvalue weighted by molar-refractivity contribution is 6.03. The van der Waals surface area contributed by atoms with Gasteiger partial charge >= 0.3 is 0 Å². The molecule has 12 rings (SSSR count). The molecule has 6 saturated carbocycles. The van der Waals surface area contributed by atoms with Crippen molar-refractivity contribution < 1.29 is 34.8 Å². The maximum Gasteiger partial charge on any atom is 0.163 e. The van der Waals surface area contributed by atoms with Gasteiger partial charge in [-0.3, -0.25) is 9.59 Å². The van der Waals surface area contributed by atoms with Crippen molar-refractivity contribution in [3.63, 3.8) is 0 Å². The number of aliphatic hydroxyl groups excluding tert-OH is 2. The Balaban J connectivity index is 0.982. The van der Waals surface area contributed by atoms with E-state index in [1.807, 2.05) is 32.2 Å². The van der Waals surface area contributed by atoms with Crippen LogP contribution in [0, 0.1) is 74.9 Å². The fourth-order valence-electron chi connectivity index (χ4n) is 21.6. The number of hydrogen-bond acceptors (Lipinski definition) is 10. The van der Waals surface area contributed by atoms with Gasteiger partial charge in [0, 0.05) is 54.1 Å². The molecule has 0 radical (unpaired) electrons. The number of nitrogen functional groups attached to an aromatic ring is 1. The molecule has 0 aromatic heterocycles. The highest BCUT2D eigenvalue weighted by atomic mass is 16.6. The Morgan fingerprint density at radius 3 is 2.46 bits per heavy atom. The Kier molecular flexibility index (Phi) is 12.9. The second-order valence-corrected chi connectivity index (χ2v) is 28.1. The van der Waals surface area contributed by atoms with Crippen molar-refractivity contribution in [3.05, 3.63) is 70.3 Å². The van der Waals surface area contributed by atoms with Crippen LogP contribution in [0.25, 0.3) is 0 Å². The van der Waals surface area contributed by atoms with Crippen molar-refractivity contribution in [2.24, 2.45) is 74.9 Å². The van der Waals surface area contributed by atoms with E-state index >= 15 is 9.59 Å². The molecule has 20 atom stereocenters. The fraction of sp³-hybridized carbons (Fsp3) is 0.750. The van der Waals surface area contributed by atoms with Gasteiger partial charge in [0.05, 0.1) is 17.3 Å². The summed E-state index contributed by atoms with van der Waals surface area (Å²) in [6.07, 6.45) is 16.3. The molecule has 10 heteroatoms. The summed E-state index contributed by atoms with van der Waals surface area (Å²) in [4.78, 5) is 32.1. The molecular weight excluding hydrogens is 923 g/mol. The van der Waals surface area contributed by atoms with Crippen molar-refractivity contribution in [2.45, 2.75) is 204 Å². The van der Waals surface area contributed by atoms with E-state index in [2.05, 4.69) is 62.6 Å². The van der Waals surface area contributed by atoms with Crippen molar-refractivity contribution >= 4 is 17.3 Å². The zero-order valence-corrected chi connectivity index (χ0v) is 45.8. The van der Waals surface area contributed by atoms with E-state index < -0.39 is 28.1 Å². The number of phenolic OH excluding ortho intramolecular Hbond substituents is 1.